The zero-order valence-electron chi connectivity index (χ0n) is 12.6. The summed E-state index contributed by atoms with van der Waals surface area (Å²) >= 11 is 0. The number of carbonyl (C=O) groups excluding carboxylic acids is 2. The maximum atomic E-state index is 12.4. The van der Waals surface area contributed by atoms with Crippen LogP contribution in [0.25, 0.3) is 0 Å². The summed E-state index contributed by atoms with van der Waals surface area (Å²) in [6.45, 7) is 0.370. The van der Waals surface area contributed by atoms with Gasteiger partial charge >= 0.3 is 5.97 Å². The minimum atomic E-state index is -1.01. The number of aromatic nitrogens is 3. The number of carboxylic acid groups (broad SMARTS) is 1. The predicted octanol–water partition coefficient (Wildman–Crippen LogP) is -0.554. The lowest BCUT2D eigenvalue weighted by Crippen LogP contribution is -2.48. The van der Waals surface area contributed by atoms with E-state index in [2.05, 4.69) is 10.3 Å². The van der Waals surface area contributed by atoms with Crippen molar-refractivity contribution in [1.82, 2.24) is 24.8 Å². The molecule has 2 heterocycles. The average molecular weight is 309 g/mol. The summed E-state index contributed by atoms with van der Waals surface area (Å²) in [6, 6.07) is -0.824. The fourth-order valence-electron chi connectivity index (χ4n) is 2.33. The molecule has 0 spiro atoms. The van der Waals surface area contributed by atoms with Gasteiger partial charge < -0.3 is 14.9 Å². The lowest BCUT2D eigenvalue weighted by molar-refractivity contribution is -0.143. The maximum absolute atomic E-state index is 12.4. The Morgan fingerprint density at radius 2 is 2.09 bits per heavy atom. The van der Waals surface area contributed by atoms with Gasteiger partial charge in [0.15, 0.2) is 5.69 Å². The highest BCUT2D eigenvalue weighted by atomic mass is 16.4. The van der Waals surface area contributed by atoms with Crippen LogP contribution in [0, 0.1) is 0 Å². The van der Waals surface area contributed by atoms with Crippen molar-refractivity contribution in [2.75, 3.05) is 20.6 Å². The number of likely N-dealkylation sites (tertiary alicyclic amines) is 1. The average Bonchev–Trinajstić information content (AvgIpc) is 2.94. The Morgan fingerprint density at radius 1 is 1.36 bits per heavy atom. The first kappa shape index (κ1) is 15.9. The van der Waals surface area contributed by atoms with E-state index in [1.807, 2.05) is 0 Å². The first-order valence-corrected chi connectivity index (χ1v) is 7.04. The van der Waals surface area contributed by atoms with E-state index in [-0.39, 0.29) is 18.1 Å². The van der Waals surface area contributed by atoms with E-state index >= 15 is 0 Å². The molecule has 1 N–H and O–H groups in total. The van der Waals surface area contributed by atoms with E-state index in [1.165, 1.54) is 20.7 Å². The van der Waals surface area contributed by atoms with Crippen LogP contribution in [0.15, 0.2) is 6.20 Å². The van der Waals surface area contributed by atoms with Gasteiger partial charge in [0.2, 0.25) is 5.91 Å². The highest BCUT2D eigenvalue weighted by Gasteiger charge is 2.33. The SMILES string of the molecule is CN(C)C(=O)Cn1cc(C(=O)N2CCCC[C@@H]2C(=O)O)nn1. The minimum absolute atomic E-state index is 0.0182. The summed E-state index contributed by atoms with van der Waals surface area (Å²) in [5.41, 5.74) is 0.0553. The lowest BCUT2D eigenvalue weighted by atomic mass is 10.0. The maximum Gasteiger partial charge on any atom is 0.326 e. The van der Waals surface area contributed by atoms with E-state index in [9.17, 15) is 19.5 Å². The van der Waals surface area contributed by atoms with Gasteiger partial charge in [-0.25, -0.2) is 9.48 Å². The molecule has 0 bridgehead atoms. The van der Waals surface area contributed by atoms with Crippen LogP contribution >= 0.6 is 0 Å². The molecule has 1 atom stereocenters. The first-order chi connectivity index (χ1) is 10.4. The Labute approximate surface area is 127 Å². The van der Waals surface area contributed by atoms with E-state index in [0.717, 1.165) is 12.8 Å². The molecule has 1 fully saturated rings. The quantitative estimate of drug-likeness (QED) is 0.799. The molecule has 9 heteroatoms. The fraction of sp³-hybridized carbons (Fsp3) is 0.615. The van der Waals surface area contributed by atoms with Crippen molar-refractivity contribution in [2.24, 2.45) is 0 Å². The molecular formula is C13H19N5O4. The third-order valence-electron chi connectivity index (χ3n) is 3.60. The van der Waals surface area contributed by atoms with Gasteiger partial charge in [-0.1, -0.05) is 5.21 Å². The number of hydrogen-bond acceptors (Lipinski definition) is 5. The molecule has 0 unspecified atom stereocenters. The van der Waals surface area contributed by atoms with Gasteiger partial charge in [-0.05, 0) is 19.3 Å². The standard InChI is InChI=1S/C13H19N5O4/c1-16(2)11(19)8-17-7-9(14-15-17)12(20)18-6-4-3-5-10(18)13(21)22/h7,10H,3-6,8H2,1-2H3,(H,21,22)/t10-/m1/s1. The summed E-state index contributed by atoms with van der Waals surface area (Å²) in [6.07, 6.45) is 3.36. The normalized spacial score (nSPS) is 18.1. The molecule has 1 saturated heterocycles. The molecule has 0 aromatic carbocycles. The lowest BCUT2D eigenvalue weighted by Gasteiger charge is -2.32. The topological polar surface area (TPSA) is 109 Å². The van der Waals surface area contributed by atoms with E-state index in [4.69, 9.17) is 0 Å². The molecule has 1 aromatic heterocycles. The minimum Gasteiger partial charge on any atom is -0.480 e. The van der Waals surface area contributed by atoms with Crippen LogP contribution in [-0.4, -0.2) is 74.4 Å². The highest BCUT2D eigenvalue weighted by molar-refractivity contribution is 5.94. The number of aliphatic carboxylic acids is 1. The fourth-order valence-corrected chi connectivity index (χ4v) is 2.33. The molecule has 1 aromatic rings. The zero-order valence-corrected chi connectivity index (χ0v) is 12.6. The molecule has 0 saturated carbocycles. The summed E-state index contributed by atoms with van der Waals surface area (Å²) in [7, 11) is 3.24. The van der Waals surface area contributed by atoms with Crippen molar-refractivity contribution in [3.63, 3.8) is 0 Å². The van der Waals surface area contributed by atoms with Gasteiger partial charge in [0, 0.05) is 20.6 Å². The summed E-state index contributed by atoms with van der Waals surface area (Å²) in [4.78, 5) is 38.0. The van der Waals surface area contributed by atoms with Gasteiger partial charge in [-0.3, -0.25) is 9.59 Å². The van der Waals surface area contributed by atoms with Gasteiger partial charge in [0.1, 0.15) is 12.6 Å². The number of hydrogen-bond donors (Lipinski definition) is 1. The van der Waals surface area contributed by atoms with Crippen molar-refractivity contribution in [1.29, 1.82) is 0 Å². The van der Waals surface area contributed by atoms with Crippen LogP contribution in [0.4, 0.5) is 0 Å². The van der Waals surface area contributed by atoms with Crippen molar-refractivity contribution in [3.05, 3.63) is 11.9 Å². The van der Waals surface area contributed by atoms with Crippen molar-refractivity contribution >= 4 is 17.8 Å². The van der Waals surface area contributed by atoms with Crippen LogP contribution in [0.2, 0.25) is 0 Å². The van der Waals surface area contributed by atoms with Gasteiger partial charge in [0.05, 0.1) is 6.20 Å². The number of piperidine rings is 1. The molecule has 2 rings (SSSR count). The largest absolute Gasteiger partial charge is 0.480 e. The van der Waals surface area contributed by atoms with Crippen molar-refractivity contribution < 1.29 is 19.5 Å². The van der Waals surface area contributed by atoms with E-state index < -0.39 is 17.9 Å². The molecule has 0 radical (unpaired) electrons. The number of carboxylic acids is 1. The Bertz CT molecular complexity index is 583. The van der Waals surface area contributed by atoms with Gasteiger partial charge in [0.25, 0.3) is 5.91 Å². The van der Waals surface area contributed by atoms with Crippen LogP contribution in [0.1, 0.15) is 29.8 Å². The molecule has 22 heavy (non-hydrogen) atoms. The van der Waals surface area contributed by atoms with Crippen LogP contribution < -0.4 is 0 Å². The second-order valence-corrected chi connectivity index (χ2v) is 5.44. The molecule has 120 valence electrons. The van der Waals surface area contributed by atoms with Gasteiger partial charge in [-0.15, -0.1) is 5.10 Å². The smallest absolute Gasteiger partial charge is 0.326 e. The Morgan fingerprint density at radius 3 is 2.73 bits per heavy atom. The molecule has 9 nitrogen and oxygen atoms in total. The van der Waals surface area contributed by atoms with Crippen LogP contribution in [0.3, 0.4) is 0 Å². The van der Waals surface area contributed by atoms with Crippen molar-refractivity contribution in [2.45, 2.75) is 31.8 Å². The monoisotopic (exact) mass is 309 g/mol. The zero-order chi connectivity index (χ0) is 16.3. The summed E-state index contributed by atoms with van der Waals surface area (Å²) in [5.74, 6) is -1.65. The third kappa shape index (κ3) is 3.41. The Balaban J connectivity index is 2.10. The summed E-state index contributed by atoms with van der Waals surface area (Å²) < 4.78 is 1.27. The van der Waals surface area contributed by atoms with E-state index in [0.29, 0.717) is 13.0 Å². The number of carbonyl (C=O) groups is 3. The summed E-state index contributed by atoms with van der Waals surface area (Å²) in [5, 5.41) is 16.7. The van der Waals surface area contributed by atoms with Crippen molar-refractivity contribution in [3.8, 4) is 0 Å². The molecule has 0 aliphatic carbocycles. The molecular weight excluding hydrogens is 290 g/mol. The van der Waals surface area contributed by atoms with Crippen LogP contribution in [-0.2, 0) is 16.1 Å². The molecule has 2 amide bonds. The second-order valence-electron chi connectivity index (χ2n) is 5.44. The first-order valence-electron chi connectivity index (χ1n) is 7.04. The molecule has 1 aliphatic rings. The Hall–Kier alpha value is -2.45. The van der Waals surface area contributed by atoms with Crippen LogP contribution in [0.5, 0.6) is 0 Å². The number of nitrogens with zero attached hydrogens (tertiary/aromatic N) is 5. The Kier molecular flexibility index (Phi) is 4.74. The second kappa shape index (κ2) is 6.54. The third-order valence-corrected chi connectivity index (χ3v) is 3.60. The molecule has 1 aliphatic heterocycles. The number of rotatable bonds is 4. The van der Waals surface area contributed by atoms with Gasteiger partial charge in [-0.2, -0.15) is 0 Å². The predicted molar refractivity (Wildman–Crippen MR) is 75.0 cm³/mol. The highest BCUT2D eigenvalue weighted by Crippen LogP contribution is 2.19. The van der Waals surface area contributed by atoms with E-state index in [1.54, 1.807) is 14.1 Å². The number of amides is 2. The number of likely N-dealkylation sites (N-methyl/N-ethyl adjacent to an activating group) is 1.